The Bertz CT molecular complexity index is 349. The molecule has 0 aromatic heterocycles. The van der Waals surface area contributed by atoms with Crippen LogP contribution in [-0.2, 0) is 9.47 Å². The number of ether oxygens (including phenoxy) is 2. The van der Waals surface area contributed by atoms with Crippen LogP contribution in [0.2, 0.25) is 0 Å². The summed E-state index contributed by atoms with van der Waals surface area (Å²) in [5.41, 5.74) is 0.0882. The molecule has 0 aromatic rings. The largest absolute Gasteiger partial charge is 0.381 e. The second-order valence-corrected chi connectivity index (χ2v) is 6.26. The number of hydrogen-bond donors (Lipinski definition) is 0. The molecule has 0 radical (unpaired) electrons. The number of hydrogen-bond acceptors (Lipinski definition) is 5. The highest BCUT2D eigenvalue weighted by atomic mass is 16.5. The monoisotopic (exact) mass is 279 g/mol. The zero-order valence-electron chi connectivity index (χ0n) is 12.2. The first-order chi connectivity index (χ1) is 9.81. The van der Waals surface area contributed by atoms with Crippen LogP contribution in [0.15, 0.2) is 0 Å². The smallest absolute Gasteiger partial charge is 0.0866 e. The lowest BCUT2D eigenvalue weighted by molar-refractivity contribution is -0.153. The van der Waals surface area contributed by atoms with E-state index in [1.807, 2.05) is 0 Å². The topological polar surface area (TPSA) is 48.7 Å². The minimum absolute atomic E-state index is 0.0882. The highest BCUT2D eigenvalue weighted by Crippen LogP contribution is 2.36. The van der Waals surface area contributed by atoms with Crippen molar-refractivity contribution in [3.05, 3.63) is 0 Å². The minimum atomic E-state index is 0.0882. The van der Waals surface area contributed by atoms with Crippen LogP contribution in [0.1, 0.15) is 25.7 Å². The third-order valence-corrected chi connectivity index (χ3v) is 5.09. The van der Waals surface area contributed by atoms with Crippen LogP contribution < -0.4 is 0 Å². The Morgan fingerprint density at radius 3 is 2.55 bits per heavy atom. The van der Waals surface area contributed by atoms with Gasteiger partial charge in [-0.2, -0.15) is 5.26 Å². The van der Waals surface area contributed by atoms with Crippen LogP contribution in [0.25, 0.3) is 0 Å². The SMILES string of the molecule is N#CCN1CCN(C2CCOC3(CCOCC3)C2)CC1. The fourth-order valence-electron chi connectivity index (χ4n) is 3.79. The van der Waals surface area contributed by atoms with Crippen LogP contribution in [-0.4, -0.2) is 74.0 Å². The van der Waals surface area contributed by atoms with Gasteiger partial charge in [-0.25, -0.2) is 0 Å². The predicted molar refractivity (Wildman–Crippen MR) is 75.4 cm³/mol. The molecule has 3 rings (SSSR count). The van der Waals surface area contributed by atoms with Crippen molar-refractivity contribution in [2.45, 2.75) is 37.3 Å². The van der Waals surface area contributed by atoms with E-state index >= 15 is 0 Å². The Morgan fingerprint density at radius 2 is 1.85 bits per heavy atom. The first-order valence-corrected chi connectivity index (χ1v) is 7.86. The van der Waals surface area contributed by atoms with E-state index in [1.165, 1.54) is 0 Å². The molecule has 5 heteroatoms. The Morgan fingerprint density at radius 1 is 1.10 bits per heavy atom. The van der Waals surface area contributed by atoms with Crippen LogP contribution >= 0.6 is 0 Å². The van der Waals surface area contributed by atoms with Gasteiger partial charge in [0.1, 0.15) is 0 Å². The Labute approximate surface area is 121 Å². The molecule has 3 aliphatic heterocycles. The molecule has 3 saturated heterocycles. The van der Waals surface area contributed by atoms with Crippen molar-refractivity contribution in [1.29, 1.82) is 5.26 Å². The summed E-state index contributed by atoms with van der Waals surface area (Å²) in [5.74, 6) is 0. The van der Waals surface area contributed by atoms with Crippen LogP contribution in [0.3, 0.4) is 0 Å². The Hall–Kier alpha value is -0.670. The predicted octanol–water partition coefficient (Wildman–Crippen LogP) is 0.856. The van der Waals surface area contributed by atoms with Gasteiger partial charge in [0.15, 0.2) is 0 Å². The van der Waals surface area contributed by atoms with Crippen molar-refractivity contribution in [1.82, 2.24) is 9.80 Å². The molecular weight excluding hydrogens is 254 g/mol. The standard InChI is InChI=1S/C15H25N3O2/c16-4-5-17-6-8-18(9-7-17)14-1-10-20-15(13-14)2-11-19-12-3-15/h14H,1-3,5-13H2. The Kier molecular flexibility index (Phi) is 4.57. The van der Waals surface area contributed by atoms with E-state index in [2.05, 4.69) is 15.9 Å². The summed E-state index contributed by atoms with van der Waals surface area (Å²) in [7, 11) is 0. The third-order valence-electron chi connectivity index (χ3n) is 5.09. The minimum Gasteiger partial charge on any atom is -0.381 e. The maximum absolute atomic E-state index is 8.77. The summed E-state index contributed by atoms with van der Waals surface area (Å²) in [6.07, 6.45) is 4.42. The summed E-state index contributed by atoms with van der Waals surface area (Å²) in [5, 5.41) is 8.77. The lowest BCUT2D eigenvalue weighted by Crippen LogP contribution is -2.55. The zero-order valence-corrected chi connectivity index (χ0v) is 12.2. The number of nitrogens with zero attached hydrogens (tertiary/aromatic N) is 3. The van der Waals surface area contributed by atoms with Crippen molar-refractivity contribution < 1.29 is 9.47 Å². The normalized spacial score (nSPS) is 32.0. The van der Waals surface area contributed by atoms with E-state index in [4.69, 9.17) is 14.7 Å². The van der Waals surface area contributed by atoms with E-state index in [9.17, 15) is 0 Å². The lowest BCUT2D eigenvalue weighted by Gasteiger charge is -2.48. The van der Waals surface area contributed by atoms with Crippen molar-refractivity contribution >= 4 is 0 Å². The maximum atomic E-state index is 8.77. The molecule has 5 nitrogen and oxygen atoms in total. The average molecular weight is 279 g/mol. The van der Waals surface area contributed by atoms with E-state index in [-0.39, 0.29) is 5.60 Å². The summed E-state index contributed by atoms with van der Waals surface area (Å²) in [4.78, 5) is 4.87. The Balaban J connectivity index is 1.54. The van der Waals surface area contributed by atoms with Gasteiger partial charge in [0.2, 0.25) is 0 Å². The molecule has 0 aromatic carbocycles. The molecule has 0 bridgehead atoms. The highest BCUT2D eigenvalue weighted by molar-refractivity contribution is 4.94. The maximum Gasteiger partial charge on any atom is 0.0866 e. The van der Waals surface area contributed by atoms with Crippen molar-refractivity contribution in [3.8, 4) is 6.07 Å². The van der Waals surface area contributed by atoms with E-state index in [0.717, 1.165) is 71.7 Å². The first-order valence-electron chi connectivity index (χ1n) is 7.86. The van der Waals surface area contributed by atoms with Crippen molar-refractivity contribution in [3.63, 3.8) is 0 Å². The van der Waals surface area contributed by atoms with Gasteiger partial charge in [-0.05, 0) is 25.7 Å². The summed E-state index contributed by atoms with van der Waals surface area (Å²) in [6.45, 7) is 7.41. The number of rotatable bonds is 2. The van der Waals surface area contributed by atoms with Crippen LogP contribution in [0.4, 0.5) is 0 Å². The molecule has 0 saturated carbocycles. The van der Waals surface area contributed by atoms with Crippen LogP contribution in [0.5, 0.6) is 0 Å². The number of nitriles is 1. The molecule has 3 heterocycles. The molecule has 0 aliphatic carbocycles. The van der Waals surface area contributed by atoms with Gasteiger partial charge in [-0.15, -0.1) is 0 Å². The molecule has 1 atom stereocenters. The average Bonchev–Trinajstić information content (AvgIpc) is 2.49. The first kappa shape index (κ1) is 14.3. The molecule has 3 aliphatic rings. The summed E-state index contributed by atoms with van der Waals surface area (Å²) >= 11 is 0. The fourth-order valence-corrected chi connectivity index (χ4v) is 3.79. The van der Waals surface area contributed by atoms with Crippen LogP contribution in [0, 0.1) is 11.3 Å². The van der Waals surface area contributed by atoms with Gasteiger partial charge in [0.05, 0.1) is 18.2 Å². The van der Waals surface area contributed by atoms with Gasteiger partial charge in [-0.3, -0.25) is 9.80 Å². The summed E-state index contributed by atoms with van der Waals surface area (Å²) in [6, 6.07) is 2.91. The molecule has 0 amide bonds. The number of piperazine rings is 1. The van der Waals surface area contributed by atoms with E-state index < -0.39 is 0 Å². The fraction of sp³-hybridized carbons (Fsp3) is 0.933. The molecular formula is C15H25N3O2. The van der Waals surface area contributed by atoms with Gasteiger partial charge in [-0.1, -0.05) is 0 Å². The molecule has 3 fully saturated rings. The summed E-state index contributed by atoms with van der Waals surface area (Å²) < 4.78 is 11.6. The van der Waals surface area contributed by atoms with Gasteiger partial charge in [0, 0.05) is 52.0 Å². The van der Waals surface area contributed by atoms with Gasteiger partial charge < -0.3 is 9.47 Å². The highest BCUT2D eigenvalue weighted by Gasteiger charge is 2.41. The molecule has 112 valence electrons. The molecule has 0 N–H and O–H groups in total. The third kappa shape index (κ3) is 3.15. The van der Waals surface area contributed by atoms with E-state index in [0.29, 0.717) is 12.6 Å². The molecule has 20 heavy (non-hydrogen) atoms. The lowest BCUT2D eigenvalue weighted by atomic mass is 9.83. The van der Waals surface area contributed by atoms with Gasteiger partial charge in [0.25, 0.3) is 0 Å². The zero-order chi connectivity index (χ0) is 13.8. The van der Waals surface area contributed by atoms with Crippen molar-refractivity contribution in [2.75, 3.05) is 52.5 Å². The quantitative estimate of drug-likeness (QED) is 0.702. The molecule has 1 unspecified atom stereocenters. The second-order valence-electron chi connectivity index (χ2n) is 6.26. The van der Waals surface area contributed by atoms with Gasteiger partial charge >= 0.3 is 0 Å². The van der Waals surface area contributed by atoms with Crippen molar-refractivity contribution in [2.24, 2.45) is 0 Å². The second kappa shape index (κ2) is 6.40. The van der Waals surface area contributed by atoms with E-state index in [1.54, 1.807) is 0 Å². The molecule has 1 spiro atoms.